The molecule has 1 aromatic heterocycles. The number of aryl methyl sites for hydroxylation is 3. The van der Waals surface area contributed by atoms with Gasteiger partial charge in [0.2, 0.25) is 11.8 Å². The first-order valence-electron chi connectivity index (χ1n) is 13.0. The Morgan fingerprint density at radius 2 is 1.84 bits per heavy atom. The third kappa shape index (κ3) is 5.47. The van der Waals surface area contributed by atoms with Crippen LogP contribution in [0.5, 0.6) is 0 Å². The highest BCUT2D eigenvalue weighted by molar-refractivity contribution is 8.00. The summed E-state index contributed by atoms with van der Waals surface area (Å²) in [6.07, 6.45) is 0.838. The van der Waals surface area contributed by atoms with Crippen molar-refractivity contribution in [3.8, 4) is 5.69 Å². The van der Waals surface area contributed by atoms with E-state index in [-0.39, 0.29) is 34.8 Å². The maximum atomic E-state index is 13.7. The Bertz CT molecular complexity index is 1320. The van der Waals surface area contributed by atoms with Crippen molar-refractivity contribution in [2.24, 2.45) is 0 Å². The lowest BCUT2D eigenvalue weighted by atomic mass is 9.86. The number of anilines is 1. The third-order valence-electron chi connectivity index (χ3n) is 6.72. The van der Waals surface area contributed by atoms with Gasteiger partial charge in [0.05, 0.1) is 22.4 Å². The zero-order chi connectivity index (χ0) is 26.9. The summed E-state index contributed by atoms with van der Waals surface area (Å²) in [5, 5.41) is 8.07. The van der Waals surface area contributed by atoms with Crippen LogP contribution in [0.1, 0.15) is 72.9 Å². The fraction of sp³-hybridized carbons (Fsp3) is 0.433. The summed E-state index contributed by atoms with van der Waals surface area (Å²) in [7, 11) is 0. The van der Waals surface area contributed by atoms with Crippen LogP contribution in [0.2, 0.25) is 0 Å². The molecule has 0 saturated carbocycles. The van der Waals surface area contributed by atoms with Crippen LogP contribution in [0.25, 0.3) is 5.69 Å². The molecule has 0 fully saturated rings. The SMILES string of the molecule is CCCNC(=O)CN1C(=O)CS[C@@H](c2ccccc2C)c2c(C(C)(C)C)nn(-c3ccc(C)cc3C)c21. The minimum absolute atomic E-state index is 0.0347. The number of hydrogen-bond acceptors (Lipinski definition) is 4. The van der Waals surface area contributed by atoms with E-state index in [0.29, 0.717) is 12.4 Å². The van der Waals surface area contributed by atoms with E-state index < -0.39 is 0 Å². The van der Waals surface area contributed by atoms with Crippen LogP contribution in [0.4, 0.5) is 5.82 Å². The largest absolute Gasteiger partial charge is 0.355 e. The average Bonchev–Trinajstić information content (AvgIpc) is 3.16. The van der Waals surface area contributed by atoms with Crippen LogP contribution in [0.15, 0.2) is 42.5 Å². The van der Waals surface area contributed by atoms with Crippen molar-refractivity contribution in [1.29, 1.82) is 0 Å². The maximum Gasteiger partial charge on any atom is 0.240 e. The number of carbonyl (C=O) groups is 2. The number of fused-ring (bicyclic) bond motifs is 1. The Kier molecular flexibility index (Phi) is 7.83. The fourth-order valence-electron chi connectivity index (χ4n) is 4.87. The zero-order valence-corrected chi connectivity index (χ0v) is 23.8. The second-order valence-electron chi connectivity index (χ2n) is 10.9. The Morgan fingerprint density at radius 3 is 2.49 bits per heavy atom. The molecule has 37 heavy (non-hydrogen) atoms. The number of nitrogens with one attached hydrogen (secondary N) is 1. The van der Waals surface area contributed by atoms with Gasteiger partial charge in [-0.15, -0.1) is 11.8 Å². The summed E-state index contributed by atoms with van der Waals surface area (Å²) in [6, 6.07) is 14.6. The van der Waals surface area contributed by atoms with Gasteiger partial charge in [-0.1, -0.05) is 69.7 Å². The molecule has 0 bridgehead atoms. The third-order valence-corrected chi connectivity index (χ3v) is 7.96. The van der Waals surface area contributed by atoms with E-state index in [0.717, 1.165) is 34.5 Å². The van der Waals surface area contributed by atoms with Gasteiger partial charge in [-0.25, -0.2) is 4.68 Å². The van der Waals surface area contributed by atoms with Crippen molar-refractivity contribution in [3.05, 3.63) is 76.0 Å². The second kappa shape index (κ2) is 10.7. The van der Waals surface area contributed by atoms with Gasteiger partial charge < -0.3 is 5.32 Å². The molecule has 0 saturated heterocycles. The molecule has 7 heteroatoms. The van der Waals surface area contributed by atoms with Crippen LogP contribution in [0.3, 0.4) is 0 Å². The standard InChI is InChI=1S/C30H38N4O2S/c1-8-15-31-24(35)17-33-25(36)18-37-27(22-12-10-9-11-20(22)3)26-28(30(5,6)7)32-34(29(26)33)23-14-13-19(2)16-21(23)4/h9-14,16,27H,8,15,17-18H2,1-7H3,(H,31,35)/t27-/m0/s1. The molecule has 1 N–H and O–H groups in total. The first-order chi connectivity index (χ1) is 17.5. The topological polar surface area (TPSA) is 67.2 Å². The maximum absolute atomic E-state index is 13.7. The molecule has 0 aliphatic carbocycles. The molecule has 0 spiro atoms. The highest BCUT2D eigenvalue weighted by Crippen LogP contribution is 2.49. The molecule has 6 nitrogen and oxygen atoms in total. The summed E-state index contributed by atoms with van der Waals surface area (Å²) in [5.74, 6) is 0.740. The molecule has 1 aliphatic heterocycles. The average molecular weight is 519 g/mol. The molecule has 0 radical (unpaired) electrons. The van der Waals surface area contributed by atoms with Gasteiger partial charge in [0.15, 0.2) is 0 Å². The Labute approximate surface area is 224 Å². The van der Waals surface area contributed by atoms with Gasteiger partial charge in [0, 0.05) is 17.5 Å². The van der Waals surface area contributed by atoms with Gasteiger partial charge >= 0.3 is 0 Å². The normalized spacial score (nSPS) is 15.9. The fourth-order valence-corrected chi connectivity index (χ4v) is 6.17. The van der Waals surface area contributed by atoms with Crippen LogP contribution in [0, 0.1) is 20.8 Å². The first-order valence-corrected chi connectivity index (χ1v) is 14.0. The lowest BCUT2D eigenvalue weighted by molar-refractivity contribution is -0.122. The molecule has 2 heterocycles. The van der Waals surface area contributed by atoms with Gasteiger partial charge in [-0.05, 0) is 49.9 Å². The first kappa shape index (κ1) is 27.0. The van der Waals surface area contributed by atoms with Gasteiger partial charge in [0.25, 0.3) is 0 Å². The van der Waals surface area contributed by atoms with Crippen LogP contribution in [-0.4, -0.2) is 40.4 Å². The quantitative estimate of drug-likeness (QED) is 0.449. The molecule has 3 aromatic rings. The summed E-state index contributed by atoms with van der Waals surface area (Å²) < 4.78 is 1.91. The van der Waals surface area contributed by atoms with E-state index in [4.69, 9.17) is 5.10 Å². The monoisotopic (exact) mass is 518 g/mol. The number of carbonyl (C=O) groups excluding carboxylic acids is 2. The molecule has 2 aromatic carbocycles. The highest BCUT2D eigenvalue weighted by atomic mass is 32.2. The van der Waals surface area contributed by atoms with Gasteiger partial charge in [-0.3, -0.25) is 14.5 Å². The summed E-state index contributed by atoms with van der Waals surface area (Å²) in [5.41, 5.74) is 7.17. The highest BCUT2D eigenvalue weighted by Gasteiger charge is 2.40. The second-order valence-corrected chi connectivity index (χ2v) is 12.0. The molecule has 196 valence electrons. The summed E-state index contributed by atoms with van der Waals surface area (Å²) in [4.78, 5) is 28.3. The molecular weight excluding hydrogens is 480 g/mol. The zero-order valence-electron chi connectivity index (χ0n) is 23.0. The lowest BCUT2D eigenvalue weighted by Crippen LogP contribution is -2.42. The Morgan fingerprint density at radius 1 is 1.11 bits per heavy atom. The van der Waals surface area contributed by atoms with Crippen LogP contribution >= 0.6 is 11.8 Å². The molecule has 2 amide bonds. The van der Waals surface area contributed by atoms with Crippen molar-refractivity contribution in [3.63, 3.8) is 0 Å². The van der Waals surface area contributed by atoms with E-state index in [1.54, 1.807) is 16.7 Å². The van der Waals surface area contributed by atoms with Crippen molar-refractivity contribution in [2.75, 3.05) is 23.7 Å². The molecule has 1 atom stereocenters. The Hall–Kier alpha value is -3.06. The van der Waals surface area contributed by atoms with E-state index >= 15 is 0 Å². The van der Waals surface area contributed by atoms with E-state index in [2.05, 4.69) is 83.3 Å². The lowest BCUT2D eigenvalue weighted by Gasteiger charge is -2.25. The Balaban J connectivity index is 2.04. The molecule has 0 unspecified atom stereocenters. The summed E-state index contributed by atoms with van der Waals surface area (Å²) in [6.45, 7) is 15.3. The van der Waals surface area contributed by atoms with Gasteiger partial charge in [-0.2, -0.15) is 5.10 Å². The molecule has 4 rings (SSSR count). The smallest absolute Gasteiger partial charge is 0.240 e. The number of hydrogen-bond donors (Lipinski definition) is 1. The minimum Gasteiger partial charge on any atom is -0.355 e. The minimum atomic E-state index is -0.279. The molecule has 1 aliphatic rings. The number of rotatable bonds is 6. The van der Waals surface area contributed by atoms with Crippen LogP contribution < -0.4 is 10.2 Å². The number of benzene rings is 2. The van der Waals surface area contributed by atoms with Crippen molar-refractivity contribution < 1.29 is 9.59 Å². The predicted molar refractivity (Wildman–Crippen MR) is 153 cm³/mol. The number of aromatic nitrogens is 2. The summed E-state index contributed by atoms with van der Waals surface area (Å²) >= 11 is 1.62. The van der Waals surface area contributed by atoms with E-state index in [1.165, 1.54) is 11.1 Å². The van der Waals surface area contributed by atoms with E-state index in [9.17, 15) is 9.59 Å². The van der Waals surface area contributed by atoms with Crippen molar-refractivity contribution in [2.45, 2.75) is 65.6 Å². The van der Waals surface area contributed by atoms with Crippen molar-refractivity contribution >= 4 is 29.4 Å². The number of amides is 2. The van der Waals surface area contributed by atoms with E-state index in [1.807, 2.05) is 17.7 Å². The molecular formula is C30H38N4O2S. The number of thioether (sulfide) groups is 1. The number of nitrogens with zero attached hydrogens (tertiary/aromatic N) is 3. The van der Waals surface area contributed by atoms with Gasteiger partial charge in [0.1, 0.15) is 12.4 Å². The van der Waals surface area contributed by atoms with Crippen LogP contribution in [-0.2, 0) is 15.0 Å². The predicted octanol–water partition coefficient (Wildman–Crippen LogP) is 5.79. The van der Waals surface area contributed by atoms with Crippen molar-refractivity contribution in [1.82, 2.24) is 15.1 Å².